The van der Waals surface area contributed by atoms with Crippen molar-refractivity contribution in [3.8, 4) is 22.6 Å². The average molecular weight is 388 g/mol. The summed E-state index contributed by atoms with van der Waals surface area (Å²) in [6.07, 6.45) is 0. The predicted octanol–water partition coefficient (Wildman–Crippen LogP) is 3.79. The Hall–Kier alpha value is -3.47. The third-order valence-corrected chi connectivity index (χ3v) is 5.19. The lowest BCUT2D eigenvalue weighted by atomic mass is 10.1. The Morgan fingerprint density at radius 1 is 0.793 bits per heavy atom. The van der Waals surface area contributed by atoms with Gasteiger partial charge in [0.25, 0.3) is 5.91 Å². The number of aromatic hydroxyl groups is 1. The summed E-state index contributed by atoms with van der Waals surface area (Å²) in [5.41, 5.74) is 3.57. The quantitative estimate of drug-likeness (QED) is 0.723. The van der Waals surface area contributed by atoms with Crippen LogP contribution in [-0.4, -0.2) is 48.7 Å². The van der Waals surface area contributed by atoms with E-state index >= 15 is 0 Å². The molecule has 0 spiro atoms. The number of ether oxygens (including phenoxy) is 1. The molecule has 5 nitrogen and oxygen atoms in total. The van der Waals surface area contributed by atoms with Crippen molar-refractivity contribution >= 4 is 11.6 Å². The minimum Gasteiger partial charge on any atom is -0.504 e. The minimum atomic E-state index is -0.0661. The molecule has 0 radical (unpaired) electrons. The molecule has 0 atom stereocenters. The van der Waals surface area contributed by atoms with E-state index in [9.17, 15) is 9.90 Å². The van der Waals surface area contributed by atoms with Gasteiger partial charge in [0.15, 0.2) is 18.1 Å². The molecule has 29 heavy (non-hydrogen) atoms. The van der Waals surface area contributed by atoms with Gasteiger partial charge in [-0.05, 0) is 35.4 Å². The zero-order valence-corrected chi connectivity index (χ0v) is 16.2. The van der Waals surface area contributed by atoms with E-state index in [2.05, 4.69) is 41.3 Å². The van der Waals surface area contributed by atoms with Crippen molar-refractivity contribution in [2.24, 2.45) is 0 Å². The average Bonchev–Trinajstić information content (AvgIpc) is 2.79. The van der Waals surface area contributed by atoms with Crippen molar-refractivity contribution in [3.63, 3.8) is 0 Å². The summed E-state index contributed by atoms with van der Waals surface area (Å²) in [5, 5.41) is 9.73. The van der Waals surface area contributed by atoms with Crippen LogP contribution in [0.25, 0.3) is 11.1 Å². The van der Waals surface area contributed by atoms with Gasteiger partial charge in [-0.1, -0.05) is 54.6 Å². The van der Waals surface area contributed by atoms with E-state index in [0.29, 0.717) is 18.8 Å². The lowest BCUT2D eigenvalue weighted by Crippen LogP contribution is -2.50. The van der Waals surface area contributed by atoms with Crippen molar-refractivity contribution in [1.82, 2.24) is 4.90 Å². The van der Waals surface area contributed by atoms with E-state index < -0.39 is 0 Å². The summed E-state index contributed by atoms with van der Waals surface area (Å²) < 4.78 is 5.46. The topological polar surface area (TPSA) is 53.0 Å². The van der Waals surface area contributed by atoms with E-state index in [1.165, 1.54) is 16.8 Å². The van der Waals surface area contributed by atoms with Crippen LogP contribution in [0.2, 0.25) is 0 Å². The first-order chi connectivity index (χ1) is 14.2. The van der Waals surface area contributed by atoms with E-state index in [-0.39, 0.29) is 18.3 Å². The molecule has 4 rings (SSSR count). The third kappa shape index (κ3) is 4.51. The van der Waals surface area contributed by atoms with E-state index in [0.717, 1.165) is 13.1 Å². The van der Waals surface area contributed by atoms with Crippen LogP contribution in [0.5, 0.6) is 11.5 Å². The zero-order valence-electron chi connectivity index (χ0n) is 16.2. The molecule has 5 heteroatoms. The number of phenolic OH excluding ortho intramolecular Hbond substituents is 1. The van der Waals surface area contributed by atoms with Gasteiger partial charge in [0.2, 0.25) is 0 Å². The molecule has 1 aliphatic heterocycles. The Balaban J connectivity index is 1.30. The highest BCUT2D eigenvalue weighted by Crippen LogP contribution is 2.25. The summed E-state index contributed by atoms with van der Waals surface area (Å²) in [7, 11) is 0. The molecule has 148 valence electrons. The van der Waals surface area contributed by atoms with Gasteiger partial charge in [-0.15, -0.1) is 0 Å². The van der Waals surface area contributed by atoms with E-state index in [1.54, 1.807) is 24.3 Å². The SMILES string of the molecule is O=C(COc1ccccc1O)N1CCN(c2ccc(-c3ccccc3)cc2)CC1. The van der Waals surface area contributed by atoms with Gasteiger partial charge < -0.3 is 19.6 Å². The van der Waals surface area contributed by atoms with Crippen LogP contribution in [-0.2, 0) is 4.79 Å². The molecule has 0 unspecified atom stereocenters. The second-order valence-electron chi connectivity index (χ2n) is 7.04. The lowest BCUT2D eigenvalue weighted by molar-refractivity contribution is -0.133. The number of anilines is 1. The molecule has 0 bridgehead atoms. The molecule has 1 fully saturated rings. The highest BCUT2D eigenvalue weighted by atomic mass is 16.5. The smallest absolute Gasteiger partial charge is 0.260 e. The van der Waals surface area contributed by atoms with E-state index in [4.69, 9.17) is 4.74 Å². The van der Waals surface area contributed by atoms with Crippen molar-refractivity contribution in [2.45, 2.75) is 0 Å². The van der Waals surface area contributed by atoms with Crippen LogP contribution >= 0.6 is 0 Å². The van der Waals surface area contributed by atoms with Gasteiger partial charge in [0.05, 0.1) is 0 Å². The van der Waals surface area contributed by atoms with Gasteiger partial charge in [-0.2, -0.15) is 0 Å². The normalized spacial score (nSPS) is 13.9. The first kappa shape index (κ1) is 18.9. The number of phenols is 1. The van der Waals surface area contributed by atoms with Crippen LogP contribution in [0.1, 0.15) is 0 Å². The number of benzene rings is 3. The summed E-state index contributed by atoms with van der Waals surface area (Å²) >= 11 is 0. The van der Waals surface area contributed by atoms with Crippen LogP contribution < -0.4 is 9.64 Å². The number of para-hydroxylation sites is 2. The monoisotopic (exact) mass is 388 g/mol. The maximum atomic E-state index is 12.4. The molecule has 3 aromatic carbocycles. The molecule has 1 amide bonds. The molecule has 0 aromatic heterocycles. The zero-order chi connectivity index (χ0) is 20.1. The molecule has 0 aliphatic carbocycles. The molecule has 1 N–H and O–H groups in total. The van der Waals surface area contributed by atoms with Gasteiger partial charge >= 0.3 is 0 Å². The summed E-state index contributed by atoms with van der Waals surface area (Å²) in [6.45, 7) is 2.82. The molecular weight excluding hydrogens is 364 g/mol. The fraction of sp³-hybridized carbons (Fsp3) is 0.208. The molecule has 0 saturated carbocycles. The van der Waals surface area contributed by atoms with Crippen LogP contribution in [0, 0.1) is 0 Å². The summed E-state index contributed by atoms with van der Waals surface area (Å²) in [6, 6.07) is 25.6. The predicted molar refractivity (Wildman–Crippen MR) is 114 cm³/mol. The first-order valence-electron chi connectivity index (χ1n) is 9.80. The second-order valence-corrected chi connectivity index (χ2v) is 7.04. The van der Waals surface area contributed by atoms with Crippen molar-refractivity contribution < 1.29 is 14.6 Å². The number of amides is 1. The Bertz CT molecular complexity index is 949. The Morgan fingerprint density at radius 2 is 1.41 bits per heavy atom. The Kier molecular flexibility index (Phi) is 5.66. The number of nitrogens with zero attached hydrogens (tertiary/aromatic N) is 2. The number of rotatable bonds is 5. The number of carbonyl (C=O) groups is 1. The standard InChI is InChI=1S/C24H24N2O3/c27-22-8-4-5-9-23(22)29-18-24(28)26-16-14-25(15-17-26)21-12-10-20(11-13-21)19-6-2-1-3-7-19/h1-13,27H,14-18H2. The number of carbonyl (C=O) groups excluding carboxylic acids is 1. The van der Waals surface area contributed by atoms with Crippen LogP contribution in [0.3, 0.4) is 0 Å². The third-order valence-electron chi connectivity index (χ3n) is 5.19. The number of piperazine rings is 1. The molecule has 1 aliphatic rings. The Morgan fingerprint density at radius 3 is 2.10 bits per heavy atom. The molecule has 1 heterocycles. The second kappa shape index (κ2) is 8.69. The molecule has 1 saturated heterocycles. The maximum absolute atomic E-state index is 12.4. The minimum absolute atomic E-state index is 0.0454. The fourth-order valence-electron chi connectivity index (χ4n) is 3.52. The number of hydrogen-bond donors (Lipinski definition) is 1. The summed E-state index contributed by atoms with van der Waals surface area (Å²) in [4.78, 5) is 16.5. The van der Waals surface area contributed by atoms with Crippen molar-refractivity contribution in [3.05, 3.63) is 78.9 Å². The Labute approximate surface area is 170 Å². The lowest BCUT2D eigenvalue weighted by Gasteiger charge is -2.36. The van der Waals surface area contributed by atoms with Gasteiger partial charge in [0, 0.05) is 31.9 Å². The van der Waals surface area contributed by atoms with Gasteiger partial charge in [0.1, 0.15) is 0 Å². The molecule has 3 aromatic rings. The largest absolute Gasteiger partial charge is 0.504 e. The van der Waals surface area contributed by atoms with Gasteiger partial charge in [-0.25, -0.2) is 0 Å². The highest BCUT2D eigenvalue weighted by molar-refractivity contribution is 5.78. The first-order valence-corrected chi connectivity index (χ1v) is 9.80. The number of hydrogen-bond acceptors (Lipinski definition) is 4. The van der Waals surface area contributed by atoms with Gasteiger partial charge in [-0.3, -0.25) is 4.79 Å². The van der Waals surface area contributed by atoms with Crippen molar-refractivity contribution in [1.29, 1.82) is 0 Å². The van der Waals surface area contributed by atoms with Crippen molar-refractivity contribution in [2.75, 3.05) is 37.7 Å². The van der Waals surface area contributed by atoms with Crippen LogP contribution in [0.4, 0.5) is 5.69 Å². The summed E-state index contributed by atoms with van der Waals surface area (Å²) in [5.74, 6) is 0.314. The fourth-order valence-corrected chi connectivity index (χ4v) is 3.52. The van der Waals surface area contributed by atoms with Crippen LogP contribution in [0.15, 0.2) is 78.9 Å². The highest BCUT2D eigenvalue weighted by Gasteiger charge is 2.22. The maximum Gasteiger partial charge on any atom is 0.260 e. The van der Waals surface area contributed by atoms with E-state index in [1.807, 2.05) is 23.1 Å². The molecular formula is C24H24N2O3.